The molecule has 0 spiro atoms. The number of aliphatic hydroxyl groups is 2. The van der Waals surface area contributed by atoms with Crippen molar-refractivity contribution >= 4 is 0 Å². The minimum atomic E-state index is -4.42. The molecule has 1 aliphatic rings. The Kier molecular flexibility index (Phi) is 5.91. The summed E-state index contributed by atoms with van der Waals surface area (Å²) in [6, 6.07) is 4.88. The number of piperazine rings is 1. The van der Waals surface area contributed by atoms with Gasteiger partial charge in [0.2, 0.25) is 0 Å². The number of halogens is 3. The summed E-state index contributed by atoms with van der Waals surface area (Å²) in [5, 5.41) is 20.1. The molecule has 136 valence electrons. The van der Waals surface area contributed by atoms with Gasteiger partial charge in [0.1, 0.15) is 0 Å². The lowest BCUT2D eigenvalue weighted by Gasteiger charge is -2.38. The molecule has 0 aliphatic carbocycles. The molecule has 0 amide bonds. The molecule has 2 N–H and O–H groups in total. The highest BCUT2D eigenvalue weighted by Gasteiger charge is 2.34. The highest BCUT2D eigenvalue weighted by Crippen LogP contribution is 2.32. The number of aliphatic hydroxyl groups excluding tert-OH is 1. The van der Waals surface area contributed by atoms with E-state index in [0.717, 1.165) is 25.2 Å². The maximum absolute atomic E-state index is 12.8. The molecule has 0 radical (unpaired) electrons. The third-order valence-corrected chi connectivity index (χ3v) is 4.33. The molecular weight excluding hydrogens is 321 g/mol. The van der Waals surface area contributed by atoms with E-state index in [2.05, 4.69) is 4.90 Å². The summed E-state index contributed by atoms with van der Waals surface area (Å²) in [6.45, 7) is 7.13. The van der Waals surface area contributed by atoms with E-state index in [0.29, 0.717) is 19.6 Å². The van der Waals surface area contributed by atoms with Crippen molar-refractivity contribution in [1.82, 2.24) is 9.80 Å². The van der Waals surface area contributed by atoms with Crippen LogP contribution in [0.4, 0.5) is 13.2 Å². The van der Waals surface area contributed by atoms with E-state index in [1.807, 2.05) is 4.90 Å². The largest absolute Gasteiger partial charge is 0.416 e. The normalized spacial score (nSPS) is 21.5. The zero-order valence-corrected chi connectivity index (χ0v) is 14.1. The smallest absolute Gasteiger partial charge is 0.392 e. The summed E-state index contributed by atoms with van der Waals surface area (Å²) in [5.41, 5.74) is -1.83. The fraction of sp³-hybridized carbons (Fsp3) is 0.647. The van der Waals surface area contributed by atoms with Crippen LogP contribution in [0.3, 0.4) is 0 Å². The Morgan fingerprint density at radius 1 is 1.08 bits per heavy atom. The first-order chi connectivity index (χ1) is 11.1. The molecule has 2 rings (SSSR count). The fourth-order valence-electron chi connectivity index (χ4n) is 3.06. The van der Waals surface area contributed by atoms with Crippen LogP contribution < -0.4 is 0 Å². The summed E-state index contributed by atoms with van der Waals surface area (Å²) in [6.07, 6.45) is -4.80. The van der Waals surface area contributed by atoms with Crippen LogP contribution in [0, 0.1) is 0 Å². The first kappa shape index (κ1) is 19.2. The van der Waals surface area contributed by atoms with Crippen molar-refractivity contribution in [3.8, 4) is 0 Å². The third-order valence-electron chi connectivity index (χ3n) is 4.33. The third kappa shape index (κ3) is 5.17. The van der Waals surface area contributed by atoms with Gasteiger partial charge in [-0.1, -0.05) is 12.1 Å². The van der Waals surface area contributed by atoms with E-state index >= 15 is 0 Å². The second kappa shape index (κ2) is 7.39. The number of nitrogens with zero attached hydrogens (tertiary/aromatic N) is 2. The Labute approximate surface area is 140 Å². The van der Waals surface area contributed by atoms with Gasteiger partial charge in [0, 0.05) is 39.3 Å². The average molecular weight is 346 g/mol. The van der Waals surface area contributed by atoms with Gasteiger partial charge in [-0.2, -0.15) is 13.2 Å². The van der Waals surface area contributed by atoms with E-state index in [1.165, 1.54) is 12.1 Å². The summed E-state index contributed by atoms with van der Waals surface area (Å²) < 4.78 is 38.5. The first-order valence-corrected chi connectivity index (χ1v) is 8.11. The maximum Gasteiger partial charge on any atom is 0.416 e. The highest BCUT2D eigenvalue weighted by molar-refractivity contribution is 5.29. The van der Waals surface area contributed by atoms with E-state index in [9.17, 15) is 23.4 Å². The molecule has 2 atom stereocenters. The zero-order valence-electron chi connectivity index (χ0n) is 14.1. The average Bonchev–Trinajstić information content (AvgIpc) is 2.48. The molecule has 0 aromatic heterocycles. The monoisotopic (exact) mass is 346 g/mol. The van der Waals surface area contributed by atoms with Gasteiger partial charge >= 0.3 is 6.18 Å². The standard InChI is InChI=1S/C17H25F3N2O2/c1-13(23)11-21-6-8-22(9-7-21)12-16(2,24)14-4-3-5-15(10-14)17(18,19)20/h3-5,10,13,23-24H,6-9,11-12H2,1-2H3. The lowest BCUT2D eigenvalue weighted by atomic mass is 9.93. The first-order valence-electron chi connectivity index (χ1n) is 8.11. The second-order valence-electron chi connectivity index (χ2n) is 6.78. The van der Waals surface area contributed by atoms with Crippen LogP contribution in [0.2, 0.25) is 0 Å². The van der Waals surface area contributed by atoms with Crippen molar-refractivity contribution in [3.05, 3.63) is 35.4 Å². The van der Waals surface area contributed by atoms with Crippen LogP contribution in [-0.4, -0.2) is 65.4 Å². The molecule has 1 aliphatic heterocycles. The van der Waals surface area contributed by atoms with Crippen LogP contribution in [-0.2, 0) is 11.8 Å². The molecule has 1 fully saturated rings. The van der Waals surface area contributed by atoms with Gasteiger partial charge in [0.25, 0.3) is 0 Å². The molecule has 1 aromatic rings. The summed E-state index contributed by atoms with van der Waals surface area (Å²) >= 11 is 0. The van der Waals surface area contributed by atoms with Gasteiger partial charge in [-0.15, -0.1) is 0 Å². The molecule has 0 bridgehead atoms. The van der Waals surface area contributed by atoms with Crippen molar-refractivity contribution in [1.29, 1.82) is 0 Å². The minimum Gasteiger partial charge on any atom is -0.392 e. The van der Waals surface area contributed by atoms with Crippen LogP contribution >= 0.6 is 0 Å². The summed E-state index contributed by atoms with van der Waals surface area (Å²) in [7, 11) is 0. The summed E-state index contributed by atoms with van der Waals surface area (Å²) in [5.74, 6) is 0. The van der Waals surface area contributed by atoms with E-state index < -0.39 is 17.3 Å². The molecule has 7 heteroatoms. The highest BCUT2D eigenvalue weighted by atomic mass is 19.4. The van der Waals surface area contributed by atoms with E-state index in [1.54, 1.807) is 13.8 Å². The van der Waals surface area contributed by atoms with Crippen molar-refractivity contribution in [3.63, 3.8) is 0 Å². The number of alkyl halides is 3. The lowest BCUT2D eigenvalue weighted by molar-refractivity contribution is -0.137. The molecule has 0 saturated carbocycles. The Morgan fingerprint density at radius 2 is 1.62 bits per heavy atom. The van der Waals surface area contributed by atoms with Crippen LogP contribution in [0.15, 0.2) is 24.3 Å². The molecule has 1 aromatic carbocycles. The lowest BCUT2D eigenvalue weighted by Crippen LogP contribution is -2.51. The van der Waals surface area contributed by atoms with Gasteiger partial charge in [-0.05, 0) is 31.5 Å². The van der Waals surface area contributed by atoms with E-state index in [-0.39, 0.29) is 18.2 Å². The van der Waals surface area contributed by atoms with E-state index in [4.69, 9.17) is 0 Å². The molecular formula is C17H25F3N2O2. The van der Waals surface area contributed by atoms with Crippen molar-refractivity contribution in [2.45, 2.75) is 31.7 Å². The number of β-amino-alcohol motifs (C(OH)–C–C–N with tert-alkyl or cyclic N) is 2. The van der Waals surface area contributed by atoms with Gasteiger partial charge in [-0.3, -0.25) is 9.80 Å². The Bertz CT molecular complexity index is 539. The molecule has 1 saturated heterocycles. The fourth-order valence-corrected chi connectivity index (χ4v) is 3.06. The van der Waals surface area contributed by atoms with Crippen molar-refractivity contribution in [2.24, 2.45) is 0 Å². The van der Waals surface area contributed by atoms with Crippen LogP contribution in [0.5, 0.6) is 0 Å². The molecule has 24 heavy (non-hydrogen) atoms. The predicted octanol–water partition coefficient (Wildman–Crippen LogP) is 1.91. The van der Waals surface area contributed by atoms with Gasteiger partial charge in [0.05, 0.1) is 17.3 Å². The zero-order chi connectivity index (χ0) is 18.0. The topological polar surface area (TPSA) is 46.9 Å². The van der Waals surface area contributed by atoms with Gasteiger partial charge in [-0.25, -0.2) is 0 Å². The number of rotatable bonds is 5. The quantitative estimate of drug-likeness (QED) is 0.855. The molecule has 1 heterocycles. The van der Waals surface area contributed by atoms with Crippen molar-refractivity contribution < 1.29 is 23.4 Å². The minimum absolute atomic E-state index is 0.267. The Balaban J connectivity index is 1.99. The van der Waals surface area contributed by atoms with Crippen molar-refractivity contribution in [2.75, 3.05) is 39.3 Å². The summed E-state index contributed by atoms with van der Waals surface area (Å²) in [4.78, 5) is 4.18. The number of hydrogen-bond acceptors (Lipinski definition) is 4. The van der Waals surface area contributed by atoms with Gasteiger partial charge < -0.3 is 10.2 Å². The van der Waals surface area contributed by atoms with Crippen LogP contribution in [0.25, 0.3) is 0 Å². The van der Waals surface area contributed by atoms with Crippen LogP contribution in [0.1, 0.15) is 25.0 Å². The number of hydrogen-bond donors (Lipinski definition) is 2. The maximum atomic E-state index is 12.8. The van der Waals surface area contributed by atoms with Gasteiger partial charge in [0.15, 0.2) is 0 Å². The SMILES string of the molecule is CC(O)CN1CCN(CC(C)(O)c2cccc(C(F)(F)F)c2)CC1. The molecule has 2 unspecified atom stereocenters. The number of benzene rings is 1. The molecule has 4 nitrogen and oxygen atoms in total. The second-order valence-corrected chi connectivity index (χ2v) is 6.78. The Hall–Kier alpha value is -1.15. The predicted molar refractivity (Wildman–Crippen MR) is 85.6 cm³/mol. The Morgan fingerprint density at radius 3 is 2.17 bits per heavy atom.